The number of rotatable bonds is 9. The lowest BCUT2D eigenvalue weighted by Gasteiger charge is -2.10. The predicted octanol–water partition coefficient (Wildman–Crippen LogP) is 2.14. The van der Waals surface area contributed by atoms with Crippen LogP contribution in [-0.2, 0) is 11.2 Å². The lowest BCUT2D eigenvalue weighted by molar-refractivity contribution is -0.121. The van der Waals surface area contributed by atoms with Gasteiger partial charge in [0.05, 0.1) is 14.2 Å². The first-order valence-corrected chi connectivity index (χ1v) is 8.41. The maximum atomic E-state index is 11.8. The standard InChI is InChI=1S/C18H28N2O3/c1-22-16-7-5-14(12-17(16)23-2)4-3-10-20-18(21)8-6-15-9-11-19-13-15/h5,7,12,15,19H,3-4,6,8-11,13H2,1-2H3,(H,20,21). The average molecular weight is 320 g/mol. The Hall–Kier alpha value is -1.75. The Morgan fingerprint density at radius 1 is 1.30 bits per heavy atom. The van der Waals surface area contributed by atoms with Gasteiger partial charge in [0.15, 0.2) is 11.5 Å². The van der Waals surface area contributed by atoms with Gasteiger partial charge in [-0.3, -0.25) is 4.79 Å². The third kappa shape index (κ3) is 5.75. The monoisotopic (exact) mass is 320 g/mol. The number of aryl methyl sites for hydroxylation is 1. The quantitative estimate of drug-likeness (QED) is 0.685. The van der Waals surface area contributed by atoms with Crippen molar-refractivity contribution in [2.45, 2.75) is 32.1 Å². The minimum Gasteiger partial charge on any atom is -0.493 e. The van der Waals surface area contributed by atoms with Crippen LogP contribution >= 0.6 is 0 Å². The Kier molecular flexibility index (Phi) is 7.20. The largest absolute Gasteiger partial charge is 0.493 e. The molecule has 1 fully saturated rings. The molecule has 0 saturated carbocycles. The van der Waals surface area contributed by atoms with Crippen molar-refractivity contribution in [2.24, 2.45) is 5.92 Å². The first-order valence-electron chi connectivity index (χ1n) is 8.41. The van der Waals surface area contributed by atoms with E-state index in [1.807, 2.05) is 18.2 Å². The molecule has 0 aromatic heterocycles. The number of methoxy groups -OCH3 is 2. The summed E-state index contributed by atoms with van der Waals surface area (Å²) in [7, 11) is 3.27. The summed E-state index contributed by atoms with van der Waals surface area (Å²) in [6.07, 6.45) is 4.67. The Balaban J connectivity index is 1.63. The van der Waals surface area contributed by atoms with E-state index in [1.54, 1.807) is 14.2 Å². The topological polar surface area (TPSA) is 59.6 Å². The first kappa shape index (κ1) is 17.6. The van der Waals surface area contributed by atoms with Crippen molar-refractivity contribution in [2.75, 3.05) is 33.9 Å². The summed E-state index contributed by atoms with van der Waals surface area (Å²) in [6.45, 7) is 2.88. The zero-order valence-corrected chi connectivity index (χ0v) is 14.2. The Morgan fingerprint density at radius 3 is 2.83 bits per heavy atom. The van der Waals surface area contributed by atoms with E-state index < -0.39 is 0 Å². The second-order valence-corrected chi connectivity index (χ2v) is 6.04. The van der Waals surface area contributed by atoms with Crippen LogP contribution < -0.4 is 20.1 Å². The van der Waals surface area contributed by atoms with Gasteiger partial charge in [-0.05, 0) is 62.4 Å². The molecular formula is C18H28N2O3. The third-order valence-corrected chi connectivity index (χ3v) is 4.35. The number of ether oxygens (including phenoxy) is 2. The Morgan fingerprint density at radius 2 is 2.13 bits per heavy atom. The zero-order valence-electron chi connectivity index (χ0n) is 14.2. The summed E-state index contributed by atoms with van der Waals surface area (Å²) in [5.74, 6) is 2.34. The highest BCUT2D eigenvalue weighted by Crippen LogP contribution is 2.27. The van der Waals surface area contributed by atoms with E-state index in [-0.39, 0.29) is 5.91 Å². The van der Waals surface area contributed by atoms with Crippen LogP contribution in [0.15, 0.2) is 18.2 Å². The van der Waals surface area contributed by atoms with Crippen molar-refractivity contribution >= 4 is 5.91 Å². The van der Waals surface area contributed by atoms with Crippen LogP contribution in [0.4, 0.5) is 0 Å². The highest BCUT2D eigenvalue weighted by molar-refractivity contribution is 5.75. The lowest BCUT2D eigenvalue weighted by atomic mass is 10.0. The van der Waals surface area contributed by atoms with Gasteiger partial charge < -0.3 is 20.1 Å². The molecular weight excluding hydrogens is 292 g/mol. The van der Waals surface area contributed by atoms with E-state index in [4.69, 9.17) is 9.47 Å². The number of amides is 1. The molecule has 1 aromatic carbocycles. The van der Waals surface area contributed by atoms with Gasteiger partial charge in [0.1, 0.15) is 0 Å². The lowest BCUT2D eigenvalue weighted by Crippen LogP contribution is -2.25. The summed E-state index contributed by atoms with van der Waals surface area (Å²) in [6, 6.07) is 5.95. The number of hydrogen-bond donors (Lipinski definition) is 2. The zero-order chi connectivity index (χ0) is 16.5. The van der Waals surface area contributed by atoms with Crippen LogP contribution in [0.5, 0.6) is 11.5 Å². The second-order valence-electron chi connectivity index (χ2n) is 6.04. The van der Waals surface area contributed by atoms with Crippen molar-refractivity contribution in [3.05, 3.63) is 23.8 Å². The van der Waals surface area contributed by atoms with E-state index in [1.165, 1.54) is 12.0 Å². The molecule has 1 aliphatic heterocycles. The number of carbonyl (C=O) groups is 1. The number of carbonyl (C=O) groups excluding carboxylic acids is 1. The summed E-state index contributed by atoms with van der Waals surface area (Å²) in [5, 5.41) is 6.35. The maximum Gasteiger partial charge on any atom is 0.220 e. The molecule has 0 bridgehead atoms. The summed E-state index contributed by atoms with van der Waals surface area (Å²) in [5.41, 5.74) is 1.19. The van der Waals surface area contributed by atoms with E-state index >= 15 is 0 Å². The first-order chi connectivity index (χ1) is 11.2. The van der Waals surface area contributed by atoms with Crippen molar-refractivity contribution in [1.29, 1.82) is 0 Å². The molecule has 1 saturated heterocycles. The van der Waals surface area contributed by atoms with Crippen LogP contribution in [0.3, 0.4) is 0 Å². The van der Waals surface area contributed by atoms with E-state index in [2.05, 4.69) is 10.6 Å². The maximum absolute atomic E-state index is 11.8. The van der Waals surface area contributed by atoms with Gasteiger partial charge in [-0.2, -0.15) is 0 Å². The van der Waals surface area contributed by atoms with E-state index in [9.17, 15) is 4.79 Å². The van der Waals surface area contributed by atoms with Crippen molar-refractivity contribution in [3.63, 3.8) is 0 Å². The SMILES string of the molecule is COc1ccc(CCCNC(=O)CCC2CCNC2)cc1OC. The third-order valence-electron chi connectivity index (χ3n) is 4.35. The van der Waals surface area contributed by atoms with Gasteiger partial charge >= 0.3 is 0 Å². The molecule has 1 atom stereocenters. The number of nitrogens with one attached hydrogen (secondary N) is 2. The van der Waals surface area contributed by atoms with Crippen molar-refractivity contribution in [1.82, 2.24) is 10.6 Å². The Labute approximate surface area is 138 Å². The van der Waals surface area contributed by atoms with Crippen molar-refractivity contribution in [3.8, 4) is 11.5 Å². The van der Waals surface area contributed by atoms with Gasteiger partial charge in [0, 0.05) is 13.0 Å². The average Bonchev–Trinajstić information content (AvgIpc) is 3.10. The number of benzene rings is 1. The Bertz CT molecular complexity index is 499. The van der Waals surface area contributed by atoms with Crippen LogP contribution in [0.1, 0.15) is 31.2 Å². The van der Waals surface area contributed by atoms with Gasteiger partial charge in [0.2, 0.25) is 5.91 Å². The van der Waals surface area contributed by atoms with E-state index in [0.717, 1.165) is 50.4 Å². The second kappa shape index (κ2) is 9.40. The van der Waals surface area contributed by atoms with Gasteiger partial charge in [0.25, 0.3) is 0 Å². The summed E-state index contributed by atoms with van der Waals surface area (Å²) >= 11 is 0. The fraction of sp³-hybridized carbons (Fsp3) is 0.611. The molecule has 23 heavy (non-hydrogen) atoms. The molecule has 1 aromatic rings. The molecule has 2 rings (SSSR count). The summed E-state index contributed by atoms with van der Waals surface area (Å²) < 4.78 is 10.5. The fourth-order valence-electron chi connectivity index (χ4n) is 2.94. The molecule has 1 aliphatic rings. The normalized spacial score (nSPS) is 17.0. The molecule has 1 amide bonds. The highest BCUT2D eigenvalue weighted by atomic mass is 16.5. The minimum absolute atomic E-state index is 0.171. The molecule has 0 radical (unpaired) electrons. The molecule has 128 valence electrons. The van der Waals surface area contributed by atoms with Crippen LogP contribution in [-0.4, -0.2) is 39.8 Å². The van der Waals surface area contributed by atoms with Crippen LogP contribution in [0.25, 0.3) is 0 Å². The van der Waals surface area contributed by atoms with Crippen LogP contribution in [0.2, 0.25) is 0 Å². The smallest absolute Gasteiger partial charge is 0.220 e. The molecule has 1 unspecified atom stereocenters. The van der Waals surface area contributed by atoms with Crippen LogP contribution in [0, 0.1) is 5.92 Å². The summed E-state index contributed by atoms with van der Waals surface area (Å²) in [4.78, 5) is 11.8. The van der Waals surface area contributed by atoms with Crippen molar-refractivity contribution < 1.29 is 14.3 Å². The predicted molar refractivity (Wildman–Crippen MR) is 91.1 cm³/mol. The fourth-order valence-corrected chi connectivity index (χ4v) is 2.94. The van der Waals surface area contributed by atoms with Gasteiger partial charge in [-0.1, -0.05) is 6.07 Å². The number of hydrogen-bond acceptors (Lipinski definition) is 4. The molecule has 0 spiro atoms. The van der Waals surface area contributed by atoms with E-state index in [0.29, 0.717) is 12.3 Å². The highest BCUT2D eigenvalue weighted by Gasteiger charge is 2.15. The molecule has 0 aliphatic carbocycles. The molecule has 5 heteroatoms. The van der Waals surface area contributed by atoms with Gasteiger partial charge in [-0.25, -0.2) is 0 Å². The molecule has 5 nitrogen and oxygen atoms in total. The molecule has 1 heterocycles. The van der Waals surface area contributed by atoms with Gasteiger partial charge in [-0.15, -0.1) is 0 Å². The minimum atomic E-state index is 0.171. The molecule has 2 N–H and O–H groups in total.